The highest BCUT2D eigenvalue weighted by molar-refractivity contribution is 7.90. The van der Waals surface area contributed by atoms with Gasteiger partial charge < -0.3 is 5.73 Å². The quantitative estimate of drug-likeness (QED) is 0.774. The van der Waals surface area contributed by atoms with Gasteiger partial charge in [-0.2, -0.15) is 5.10 Å². The van der Waals surface area contributed by atoms with Gasteiger partial charge in [0.1, 0.15) is 5.69 Å². The number of sulfonamides is 1. The molecule has 1 aromatic rings. The summed E-state index contributed by atoms with van der Waals surface area (Å²) in [7, 11) is -3.58. The summed E-state index contributed by atoms with van der Waals surface area (Å²) in [4.78, 5) is 22.3. The van der Waals surface area contributed by atoms with Crippen LogP contribution in [0, 0.1) is 5.92 Å². The van der Waals surface area contributed by atoms with E-state index in [1.165, 1.54) is 0 Å². The monoisotopic (exact) mass is 342 g/mol. The summed E-state index contributed by atoms with van der Waals surface area (Å²) < 4.78 is 28.0. The maximum atomic E-state index is 12.1. The molecule has 1 aromatic heterocycles. The smallest absolute Gasteiger partial charge is 0.269 e. The molecule has 0 unspecified atom stereocenters. The summed E-state index contributed by atoms with van der Waals surface area (Å²) in [5, 5.41) is 3.57. The number of rotatable bonds is 6. The predicted octanol–water partition coefficient (Wildman–Crippen LogP) is 0.397. The van der Waals surface area contributed by atoms with Crippen LogP contribution >= 0.6 is 0 Å². The molecule has 8 nitrogen and oxygen atoms in total. The van der Waals surface area contributed by atoms with E-state index in [1.807, 2.05) is 0 Å². The van der Waals surface area contributed by atoms with Crippen LogP contribution in [0.15, 0.2) is 12.3 Å². The Bertz CT molecular complexity index is 675. The molecule has 2 rings (SSSR count). The minimum Gasteiger partial charge on any atom is -0.364 e. The summed E-state index contributed by atoms with van der Waals surface area (Å²) in [5.41, 5.74) is 5.39. The molecule has 0 atom stereocenters. The molecule has 0 bridgehead atoms. The van der Waals surface area contributed by atoms with Crippen molar-refractivity contribution in [2.24, 2.45) is 11.7 Å². The molecule has 0 spiro atoms. The Balaban J connectivity index is 1.88. The SMILES string of the molecule is CCC(=O)NS(=O)(=O)C1CCC(Cn2ccc(C(N)=O)n2)CC1. The largest absolute Gasteiger partial charge is 0.364 e. The first-order chi connectivity index (χ1) is 10.8. The van der Waals surface area contributed by atoms with Crippen molar-refractivity contribution >= 4 is 21.8 Å². The van der Waals surface area contributed by atoms with Gasteiger partial charge in [-0.3, -0.25) is 19.0 Å². The molecule has 2 amide bonds. The second-order valence-electron chi connectivity index (χ2n) is 5.85. The van der Waals surface area contributed by atoms with Crippen LogP contribution in [0.1, 0.15) is 49.5 Å². The zero-order chi connectivity index (χ0) is 17.0. The van der Waals surface area contributed by atoms with E-state index in [1.54, 1.807) is 23.9 Å². The number of primary amides is 1. The highest BCUT2D eigenvalue weighted by Gasteiger charge is 2.31. The van der Waals surface area contributed by atoms with Crippen molar-refractivity contribution in [2.45, 2.75) is 50.8 Å². The van der Waals surface area contributed by atoms with Crippen molar-refractivity contribution in [2.75, 3.05) is 0 Å². The fraction of sp³-hybridized carbons (Fsp3) is 0.643. The van der Waals surface area contributed by atoms with Crippen molar-refractivity contribution in [1.82, 2.24) is 14.5 Å². The van der Waals surface area contributed by atoms with Gasteiger partial charge in [0.25, 0.3) is 5.91 Å². The molecule has 1 saturated carbocycles. The Kier molecular flexibility index (Phi) is 5.40. The molecule has 3 N–H and O–H groups in total. The third-order valence-corrected chi connectivity index (χ3v) is 6.01. The van der Waals surface area contributed by atoms with Crippen LogP contribution in [0.5, 0.6) is 0 Å². The lowest BCUT2D eigenvalue weighted by Crippen LogP contribution is -2.40. The molecular weight excluding hydrogens is 320 g/mol. The van der Waals surface area contributed by atoms with Gasteiger partial charge in [-0.15, -0.1) is 0 Å². The maximum Gasteiger partial charge on any atom is 0.269 e. The van der Waals surface area contributed by atoms with Crippen molar-refractivity contribution < 1.29 is 18.0 Å². The molecule has 128 valence electrons. The Hall–Kier alpha value is -1.90. The zero-order valence-corrected chi connectivity index (χ0v) is 13.9. The van der Waals surface area contributed by atoms with Crippen LogP contribution in [0.2, 0.25) is 0 Å². The van der Waals surface area contributed by atoms with Crippen molar-refractivity contribution in [3.05, 3.63) is 18.0 Å². The number of nitrogens with two attached hydrogens (primary N) is 1. The van der Waals surface area contributed by atoms with Gasteiger partial charge >= 0.3 is 0 Å². The fourth-order valence-corrected chi connectivity index (χ4v) is 4.32. The summed E-state index contributed by atoms with van der Waals surface area (Å²) in [5.74, 6) is -0.739. The Morgan fingerprint density at radius 1 is 1.35 bits per heavy atom. The Labute approximate surface area is 135 Å². The molecule has 1 heterocycles. The average molecular weight is 342 g/mol. The van der Waals surface area contributed by atoms with Gasteiger partial charge in [0, 0.05) is 19.2 Å². The molecule has 1 aliphatic carbocycles. The number of nitrogens with one attached hydrogen (secondary N) is 1. The van der Waals surface area contributed by atoms with E-state index in [-0.39, 0.29) is 12.1 Å². The van der Waals surface area contributed by atoms with Crippen LogP contribution < -0.4 is 10.5 Å². The number of amides is 2. The van der Waals surface area contributed by atoms with E-state index in [0.717, 1.165) is 12.8 Å². The standard InChI is InChI=1S/C14H22N4O4S/c1-2-13(19)17-23(21,22)11-5-3-10(4-6-11)9-18-8-7-12(16-18)14(15)20/h7-8,10-11H,2-6,9H2,1H3,(H2,15,20)(H,17,19). The summed E-state index contributed by atoms with van der Waals surface area (Å²) >= 11 is 0. The van der Waals surface area contributed by atoms with Crippen LogP contribution in [0.4, 0.5) is 0 Å². The molecule has 1 aliphatic rings. The van der Waals surface area contributed by atoms with E-state index in [2.05, 4.69) is 9.82 Å². The summed E-state index contributed by atoms with van der Waals surface area (Å²) in [6.07, 6.45) is 4.34. The normalized spacial score (nSPS) is 21.8. The van der Waals surface area contributed by atoms with Crippen LogP contribution in [-0.2, 0) is 21.4 Å². The van der Waals surface area contributed by atoms with Gasteiger partial charge in [0.05, 0.1) is 5.25 Å². The van der Waals surface area contributed by atoms with Crippen molar-refractivity contribution in [3.8, 4) is 0 Å². The van der Waals surface area contributed by atoms with Gasteiger partial charge in [0.15, 0.2) is 0 Å². The van der Waals surface area contributed by atoms with Gasteiger partial charge in [0.2, 0.25) is 15.9 Å². The molecule has 1 fully saturated rings. The first kappa shape index (κ1) is 17.5. The molecule has 0 aliphatic heterocycles. The van der Waals surface area contributed by atoms with Crippen LogP contribution in [0.25, 0.3) is 0 Å². The maximum absolute atomic E-state index is 12.1. The first-order valence-corrected chi connectivity index (χ1v) is 9.24. The highest BCUT2D eigenvalue weighted by Crippen LogP contribution is 2.29. The lowest BCUT2D eigenvalue weighted by Gasteiger charge is -2.28. The zero-order valence-electron chi connectivity index (χ0n) is 13.1. The third kappa shape index (κ3) is 4.54. The highest BCUT2D eigenvalue weighted by atomic mass is 32.2. The Morgan fingerprint density at radius 2 is 2.00 bits per heavy atom. The number of hydrogen-bond acceptors (Lipinski definition) is 5. The topological polar surface area (TPSA) is 124 Å². The number of hydrogen-bond donors (Lipinski definition) is 2. The molecule has 9 heteroatoms. The molecule has 0 aromatic carbocycles. The minimum absolute atomic E-state index is 0.149. The molecule has 23 heavy (non-hydrogen) atoms. The summed E-state index contributed by atoms with van der Waals surface area (Å²) in [6, 6.07) is 1.57. The predicted molar refractivity (Wildman–Crippen MR) is 83.8 cm³/mol. The molecular formula is C14H22N4O4S. The lowest BCUT2D eigenvalue weighted by atomic mass is 9.89. The van der Waals surface area contributed by atoms with E-state index in [0.29, 0.717) is 25.3 Å². The van der Waals surface area contributed by atoms with Crippen LogP contribution in [-0.4, -0.2) is 35.3 Å². The van der Waals surface area contributed by atoms with Gasteiger partial charge in [-0.25, -0.2) is 8.42 Å². The lowest BCUT2D eigenvalue weighted by molar-refractivity contribution is -0.119. The first-order valence-electron chi connectivity index (χ1n) is 7.69. The van der Waals surface area contributed by atoms with E-state index < -0.39 is 27.1 Å². The van der Waals surface area contributed by atoms with Crippen LogP contribution in [0.3, 0.4) is 0 Å². The number of aromatic nitrogens is 2. The second kappa shape index (κ2) is 7.12. The number of carbonyl (C=O) groups is 2. The Morgan fingerprint density at radius 3 is 2.52 bits per heavy atom. The molecule has 0 radical (unpaired) electrons. The average Bonchev–Trinajstić information content (AvgIpc) is 2.96. The van der Waals surface area contributed by atoms with E-state index in [9.17, 15) is 18.0 Å². The number of nitrogens with zero attached hydrogens (tertiary/aromatic N) is 2. The van der Waals surface area contributed by atoms with Gasteiger partial charge in [-0.1, -0.05) is 6.92 Å². The van der Waals surface area contributed by atoms with Crippen molar-refractivity contribution in [3.63, 3.8) is 0 Å². The van der Waals surface area contributed by atoms with Gasteiger partial charge in [-0.05, 0) is 37.7 Å². The van der Waals surface area contributed by atoms with E-state index in [4.69, 9.17) is 5.73 Å². The minimum atomic E-state index is -3.58. The number of carbonyl (C=O) groups excluding carboxylic acids is 2. The van der Waals surface area contributed by atoms with E-state index >= 15 is 0 Å². The molecule has 0 saturated heterocycles. The third-order valence-electron chi connectivity index (χ3n) is 4.15. The van der Waals surface area contributed by atoms with Crippen molar-refractivity contribution in [1.29, 1.82) is 0 Å². The fourth-order valence-electron chi connectivity index (χ4n) is 2.80. The second-order valence-corrected chi connectivity index (χ2v) is 7.81. The summed E-state index contributed by atoms with van der Waals surface area (Å²) in [6.45, 7) is 2.24.